The molecular weight excluding hydrogens is 288 g/mol. The van der Waals surface area contributed by atoms with Crippen LogP contribution in [0.15, 0.2) is 77.7 Å². The van der Waals surface area contributed by atoms with Gasteiger partial charge in [0.15, 0.2) is 0 Å². The van der Waals surface area contributed by atoms with Crippen LogP contribution in [0, 0.1) is 0 Å². The van der Waals surface area contributed by atoms with Gasteiger partial charge in [-0.1, -0.05) is 30.3 Å². The van der Waals surface area contributed by atoms with Crippen LogP contribution in [0.5, 0.6) is 0 Å². The Morgan fingerprint density at radius 2 is 1.61 bits per heavy atom. The first-order valence-corrected chi connectivity index (χ1v) is 7.68. The van der Waals surface area contributed by atoms with E-state index in [0.29, 0.717) is 12.3 Å². The smallest absolute Gasteiger partial charge is 0.133 e. The second-order valence-corrected chi connectivity index (χ2v) is 5.54. The van der Waals surface area contributed by atoms with E-state index in [-0.39, 0.29) is 0 Å². The molecule has 118 valence electrons. The third-order valence-electron chi connectivity index (χ3n) is 3.71. The second kappa shape index (κ2) is 7.72. The summed E-state index contributed by atoms with van der Waals surface area (Å²) >= 11 is 0. The SMILES string of the molecule is O[C@@H](CN(Cc1ccccc1)Cc1ccncc1)c1ccco1. The minimum Gasteiger partial charge on any atom is -0.467 e. The van der Waals surface area contributed by atoms with Crippen LogP contribution in [0.1, 0.15) is 23.0 Å². The fourth-order valence-electron chi connectivity index (χ4n) is 2.59. The summed E-state index contributed by atoms with van der Waals surface area (Å²) in [4.78, 5) is 6.26. The third-order valence-corrected chi connectivity index (χ3v) is 3.71. The molecule has 0 saturated heterocycles. The quantitative estimate of drug-likeness (QED) is 0.726. The highest BCUT2D eigenvalue weighted by Crippen LogP contribution is 2.18. The van der Waals surface area contributed by atoms with Crippen molar-refractivity contribution in [2.24, 2.45) is 0 Å². The number of hydrogen-bond acceptors (Lipinski definition) is 4. The summed E-state index contributed by atoms with van der Waals surface area (Å²) < 4.78 is 5.31. The maximum atomic E-state index is 10.4. The Hall–Kier alpha value is -2.43. The van der Waals surface area contributed by atoms with Gasteiger partial charge in [-0.2, -0.15) is 0 Å². The first-order chi connectivity index (χ1) is 11.3. The number of furan rings is 1. The lowest BCUT2D eigenvalue weighted by Crippen LogP contribution is -2.28. The Kier molecular flexibility index (Phi) is 5.19. The lowest BCUT2D eigenvalue weighted by Gasteiger charge is -2.24. The molecule has 0 aliphatic rings. The van der Waals surface area contributed by atoms with Crippen molar-refractivity contribution in [1.82, 2.24) is 9.88 Å². The van der Waals surface area contributed by atoms with Crippen molar-refractivity contribution in [2.75, 3.05) is 6.54 Å². The van der Waals surface area contributed by atoms with Gasteiger partial charge in [0.05, 0.1) is 6.26 Å². The molecule has 0 aliphatic heterocycles. The number of aromatic nitrogens is 1. The summed E-state index contributed by atoms with van der Waals surface area (Å²) in [5.41, 5.74) is 2.38. The number of aliphatic hydroxyl groups is 1. The van der Waals surface area contributed by atoms with E-state index in [9.17, 15) is 5.11 Å². The molecule has 3 rings (SSSR count). The van der Waals surface area contributed by atoms with E-state index in [1.54, 1.807) is 30.8 Å². The molecule has 0 unspecified atom stereocenters. The average Bonchev–Trinajstić information content (AvgIpc) is 3.11. The molecule has 0 saturated carbocycles. The first-order valence-electron chi connectivity index (χ1n) is 7.68. The van der Waals surface area contributed by atoms with Crippen molar-refractivity contribution in [3.05, 3.63) is 90.1 Å². The van der Waals surface area contributed by atoms with Crippen molar-refractivity contribution < 1.29 is 9.52 Å². The van der Waals surface area contributed by atoms with Crippen LogP contribution in [-0.2, 0) is 13.1 Å². The lowest BCUT2D eigenvalue weighted by atomic mass is 10.1. The number of nitrogens with zero attached hydrogens (tertiary/aromatic N) is 2. The van der Waals surface area contributed by atoms with E-state index < -0.39 is 6.10 Å². The fourth-order valence-corrected chi connectivity index (χ4v) is 2.59. The van der Waals surface area contributed by atoms with Gasteiger partial charge in [-0.3, -0.25) is 9.88 Å². The summed E-state index contributed by atoms with van der Waals surface area (Å²) in [5.74, 6) is 0.595. The third kappa shape index (κ3) is 4.52. The van der Waals surface area contributed by atoms with Crippen LogP contribution < -0.4 is 0 Å². The number of aliphatic hydroxyl groups excluding tert-OH is 1. The molecule has 0 amide bonds. The summed E-state index contributed by atoms with van der Waals surface area (Å²) in [6, 6.07) is 17.9. The van der Waals surface area contributed by atoms with E-state index in [0.717, 1.165) is 13.1 Å². The predicted octanol–water partition coefficient (Wildman–Crippen LogP) is 3.41. The van der Waals surface area contributed by atoms with Gasteiger partial charge in [0, 0.05) is 32.0 Å². The average molecular weight is 308 g/mol. The maximum absolute atomic E-state index is 10.4. The summed E-state index contributed by atoms with van der Waals surface area (Å²) in [6.07, 6.45) is 4.52. The fraction of sp³-hybridized carbons (Fsp3) is 0.211. The van der Waals surface area contributed by atoms with Gasteiger partial charge in [-0.25, -0.2) is 0 Å². The van der Waals surface area contributed by atoms with Gasteiger partial charge in [0.1, 0.15) is 11.9 Å². The van der Waals surface area contributed by atoms with Gasteiger partial charge >= 0.3 is 0 Å². The molecule has 4 heteroatoms. The van der Waals surface area contributed by atoms with Gasteiger partial charge in [-0.15, -0.1) is 0 Å². The van der Waals surface area contributed by atoms with Gasteiger partial charge in [-0.05, 0) is 35.4 Å². The van der Waals surface area contributed by atoms with Crippen LogP contribution >= 0.6 is 0 Å². The zero-order valence-electron chi connectivity index (χ0n) is 12.9. The number of benzene rings is 1. The number of pyridine rings is 1. The monoisotopic (exact) mass is 308 g/mol. The number of hydrogen-bond donors (Lipinski definition) is 1. The lowest BCUT2D eigenvalue weighted by molar-refractivity contribution is 0.0873. The molecular formula is C19H20N2O2. The molecule has 0 fully saturated rings. The van der Waals surface area contributed by atoms with Gasteiger partial charge in [0.25, 0.3) is 0 Å². The van der Waals surface area contributed by atoms with Gasteiger partial charge in [0.2, 0.25) is 0 Å². The van der Waals surface area contributed by atoms with Crippen molar-refractivity contribution >= 4 is 0 Å². The first kappa shape index (κ1) is 15.5. The maximum Gasteiger partial charge on any atom is 0.133 e. The van der Waals surface area contributed by atoms with E-state index >= 15 is 0 Å². The Balaban J connectivity index is 1.72. The van der Waals surface area contributed by atoms with Crippen molar-refractivity contribution in [1.29, 1.82) is 0 Å². The van der Waals surface area contributed by atoms with Gasteiger partial charge < -0.3 is 9.52 Å². The molecule has 2 heterocycles. The molecule has 1 atom stereocenters. The summed E-state index contributed by atoms with van der Waals surface area (Å²) in [7, 11) is 0. The van der Waals surface area contributed by atoms with Crippen LogP contribution in [0.25, 0.3) is 0 Å². The van der Waals surface area contributed by atoms with Crippen LogP contribution in [-0.4, -0.2) is 21.5 Å². The second-order valence-electron chi connectivity index (χ2n) is 5.54. The molecule has 1 N–H and O–H groups in total. The molecule has 0 spiro atoms. The van der Waals surface area contributed by atoms with Crippen molar-refractivity contribution in [2.45, 2.75) is 19.2 Å². The Morgan fingerprint density at radius 1 is 0.913 bits per heavy atom. The molecule has 0 bridgehead atoms. The normalized spacial score (nSPS) is 12.4. The van der Waals surface area contributed by atoms with E-state index in [4.69, 9.17) is 4.42 Å². The Bertz CT molecular complexity index is 642. The standard InChI is InChI=1S/C19H20N2O2/c22-18(19-7-4-12-23-19)15-21(13-16-5-2-1-3-6-16)14-17-8-10-20-11-9-17/h1-12,18,22H,13-15H2/t18-/m0/s1. The molecule has 0 radical (unpaired) electrons. The van der Waals surface area contributed by atoms with E-state index in [1.165, 1.54) is 11.1 Å². The molecule has 3 aromatic rings. The topological polar surface area (TPSA) is 49.5 Å². The summed E-state index contributed by atoms with van der Waals surface area (Å²) in [5, 5.41) is 10.4. The van der Waals surface area contributed by atoms with E-state index in [1.807, 2.05) is 30.3 Å². The van der Waals surface area contributed by atoms with Crippen LogP contribution in [0.4, 0.5) is 0 Å². The highest BCUT2D eigenvalue weighted by molar-refractivity contribution is 5.16. The van der Waals surface area contributed by atoms with Crippen LogP contribution in [0.3, 0.4) is 0 Å². The Labute approximate surface area is 136 Å². The number of rotatable bonds is 7. The Morgan fingerprint density at radius 3 is 2.26 bits per heavy atom. The summed E-state index contributed by atoms with van der Waals surface area (Å²) in [6.45, 7) is 2.01. The zero-order chi connectivity index (χ0) is 15.9. The molecule has 2 aromatic heterocycles. The van der Waals surface area contributed by atoms with Crippen molar-refractivity contribution in [3.63, 3.8) is 0 Å². The minimum atomic E-state index is -0.643. The highest BCUT2D eigenvalue weighted by atomic mass is 16.4. The molecule has 1 aromatic carbocycles. The molecule has 4 nitrogen and oxygen atoms in total. The largest absolute Gasteiger partial charge is 0.467 e. The zero-order valence-corrected chi connectivity index (χ0v) is 12.9. The molecule has 23 heavy (non-hydrogen) atoms. The predicted molar refractivity (Wildman–Crippen MR) is 88.5 cm³/mol. The van der Waals surface area contributed by atoms with E-state index in [2.05, 4.69) is 22.0 Å². The highest BCUT2D eigenvalue weighted by Gasteiger charge is 2.16. The molecule has 0 aliphatic carbocycles. The minimum absolute atomic E-state index is 0.505. The van der Waals surface area contributed by atoms with Crippen molar-refractivity contribution in [3.8, 4) is 0 Å². The van der Waals surface area contributed by atoms with Crippen LogP contribution in [0.2, 0.25) is 0 Å².